The summed E-state index contributed by atoms with van der Waals surface area (Å²) in [6, 6.07) is -0.875. The fraction of sp³-hybridized carbons (Fsp3) is 0. The highest BCUT2D eigenvalue weighted by Crippen LogP contribution is 1.60. The first-order chi connectivity index (χ1) is 4.86. The van der Waals surface area contributed by atoms with Crippen LogP contribution in [0.25, 0.3) is 0 Å². The molecule has 0 saturated heterocycles. The largest absolute Gasteiger partial charge is 0.370 e. The van der Waals surface area contributed by atoms with Crippen LogP contribution in [0.4, 0.5) is 4.79 Å². The molecule has 0 aromatic rings. The summed E-state index contributed by atoms with van der Waals surface area (Å²) >= 11 is 0. The molecular weight excluding hydrogens is 158 g/mol. The second-order valence-corrected chi connectivity index (χ2v) is 1.10. The average molecular weight is 164 g/mol. The van der Waals surface area contributed by atoms with Crippen molar-refractivity contribution in [2.45, 2.75) is 0 Å². The number of aliphatic imine (C=N–C) groups is 1. The average Bonchev–Trinajstić information content (AvgIpc) is 1.56. The van der Waals surface area contributed by atoms with Gasteiger partial charge in [0.15, 0.2) is 5.96 Å². The van der Waals surface area contributed by atoms with Crippen molar-refractivity contribution in [1.29, 1.82) is 0 Å². The Morgan fingerprint density at radius 1 is 1.27 bits per heavy atom. The van der Waals surface area contributed by atoms with Gasteiger partial charge in [-0.1, -0.05) is 0 Å². The summed E-state index contributed by atoms with van der Waals surface area (Å²) in [5, 5.41) is 14.8. The number of nitrogens with two attached hydrogens (primary N) is 3. The SMILES string of the molecule is NC(=O)N=C(N)N.O=[N+]([O-])[O-]. The maximum absolute atomic E-state index is 9.68. The molecule has 0 saturated carbocycles. The first-order valence-electron chi connectivity index (χ1n) is 2.07. The normalized spacial score (nSPS) is 6.91. The molecule has 2 amide bonds. The Labute approximate surface area is 60.6 Å². The van der Waals surface area contributed by atoms with Gasteiger partial charge in [-0.2, -0.15) is 4.99 Å². The van der Waals surface area contributed by atoms with Gasteiger partial charge in [0, 0.05) is 0 Å². The number of urea groups is 1. The van der Waals surface area contributed by atoms with Crippen LogP contribution in [0.2, 0.25) is 0 Å². The Balaban J connectivity index is 0. The maximum atomic E-state index is 9.68. The molecule has 0 aromatic carbocycles. The van der Waals surface area contributed by atoms with Crippen molar-refractivity contribution < 1.29 is 9.88 Å². The number of guanidine groups is 1. The van der Waals surface area contributed by atoms with Gasteiger partial charge in [-0.25, -0.2) is 4.79 Å². The zero-order valence-electron chi connectivity index (χ0n) is 5.26. The Kier molecular flexibility index (Phi) is 6.45. The molecule has 0 unspecified atom stereocenters. The molecule has 6 N–H and O–H groups in total. The number of rotatable bonds is 0. The van der Waals surface area contributed by atoms with Gasteiger partial charge in [0.25, 0.3) is 0 Å². The summed E-state index contributed by atoms with van der Waals surface area (Å²) in [6.45, 7) is 0. The van der Waals surface area contributed by atoms with Gasteiger partial charge in [-0.05, 0) is 0 Å². The quantitative estimate of drug-likeness (QED) is 0.163. The third-order valence-electron chi connectivity index (χ3n) is 0.239. The van der Waals surface area contributed by atoms with E-state index in [0.29, 0.717) is 0 Å². The van der Waals surface area contributed by atoms with Crippen molar-refractivity contribution in [3.63, 3.8) is 0 Å². The van der Waals surface area contributed by atoms with Crippen molar-refractivity contribution in [2.24, 2.45) is 22.2 Å². The summed E-state index contributed by atoms with van der Waals surface area (Å²) in [6.07, 6.45) is 0. The fourth-order valence-electron chi connectivity index (χ4n) is 0.127. The van der Waals surface area contributed by atoms with E-state index in [1.54, 1.807) is 0 Å². The van der Waals surface area contributed by atoms with E-state index in [-0.39, 0.29) is 5.96 Å². The Bertz CT molecular complexity index is 167. The van der Waals surface area contributed by atoms with Crippen molar-refractivity contribution >= 4 is 12.0 Å². The number of amides is 2. The third kappa shape index (κ3) is 74.4. The molecule has 0 bridgehead atoms. The predicted octanol–water partition coefficient (Wildman–Crippen LogP) is -1.90. The first kappa shape index (κ1) is 11.7. The molecule has 0 atom stereocenters. The lowest BCUT2D eigenvalue weighted by atomic mass is 11.0. The molecule has 9 heteroatoms. The number of carbonyl (C=O) groups excluding carboxylic acids is 1. The molecule has 0 spiro atoms. The molecule has 0 aromatic heterocycles. The summed E-state index contributed by atoms with van der Waals surface area (Å²) < 4.78 is 0. The van der Waals surface area contributed by atoms with Gasteiger partial charge >= 0.3 is 6.03 Å². The highest BCUT2D eigenvalue weighted by Gasteiger charge is 1.83. The van der Waals surface area contributed by atoms with Crippen molar-refractivity contribution in [2.75, 3.05) is 0 Å². The maximum Gasteiger partial charge on any atom is 0.341 e. The summed E-state index contributed by atoms with van der Waals surface area (Å²) in [7, 11) is 0. The van der Waals surface area contributed by atoms with Crippen LogP contribution in [-0.2, 0) is 0 Å². The number of hydrogen-bond donors (Lipinski definition) is 3. The van der Waals surface area contributed by atoms with Gasteiger partial charge in [0.05, 0.1) is 5.09 Å². The molecule has 0 radical (unpaired) electrons. The predicted molar refractivity (Wildman–Crippen MR) is 35.8 cm³/mol. The van der Waals surface area contributed by atoms with E-state index in [4.69, 9.17) is 26.8 Å². The second kappa shape index (κ2) is 6.07. The number of primary amides is 1. The van der Waals surface area contributed by atoms with E-state index >= 15 is 0 Å². The lowest BCUT2D eigenvalue weighted by Crippen LogP contribution is -2.25. The molecule has 0 aliphatic rings. The van der Waals surface area contributed by atoms with Crippen LogP contribution >= 0.6 is 0 Å². The second-order valence-electron chi connectivity index (χ2n) is 1.10. The van der Waals surface area contributed by atoms with E-state index in [1.165, 1.54) is 0 Å². The van der Waals surface area contributed by atoms with Crippen LogP contribution in [0.3, 0.4) is 0 Å². The van der Waals surface area contributed by atoms with Gasteiger partial charge in [-0.15, -0.1) is 0 Å². The summed E-state index contributed by atoms with van der Waals surface area (Å²) in [5.41, 5.74) is 13.9. The van der Waals surface area contributed by atoms with Crippen LogP contribution in [-0.4, -0.2) is 17.1 Å². The Morgan fingerprint density at radius 2 is 1.55 bits per heavy atom. The molecule has 0 aliphatic heterocycles. The zero-order chi connectivity index (χ0) is 9.44. The van der Waals surface area contributed by atoms with Crippen molar-refractivity contribution in [3.05, 3.63) is 15.3 Å². The third-order valence-corrected chi connectivity index (χ3v) is 0.239. The molecule has 0 fully saturated rings. The Morgan fingerprint density at radius 3 is 1.55 bits per heavy atom. The van der Waals surface area contributed by atoms with Crippen LogP contribution in [0.1, 0.15) is 0 Å². The minimum atomic E-state index is -1.75. The lowest BCUT2D eigenvalue weighted by Gasteiger charge is -1.82. The molecule has 0 rings (SSSR count). The van der Waals surface area contributed by atoms with E-state index in [0.717, 1.165) is 0 Å². The van der Waals surface area contributed by atoms with E-state index in [1.807, 2.05) is 0 Å². The van der Waals surface area contributed by atoms with Crippen LogP contribution < -0.4 is 17.2 Å². The van der Waals surface area contributed by atoms with E-state index < -0.39 is 11.1 Å². The summed E-state index contributed by atoms with van der Waals surface area (Å²) in [4.78, 5) is 20.8. The van der Waals surface area contributed by atoms with E-state index in [2.05, 4.69) is 10.7 Å². The standard InChI is InChI=1S/C2H6N4O.NO3/c3-1(4)6-2(5)7;2-1(3)4/h(H6,3,4,5,6,7);/q;-1. The topological polar surface area (TPSA) is 174 Å². The lowest BCUT2D eigenvalue weighted by molar-refractivity contribution is -0.402. The Hall–Kier alpha value is -2.06. The molecule has 9 nitrogen and oxygen atoms in total. The van der Waals surface area contributed by atoms with Gasteiger partial charge in [0.2, 0.25) is 0 Å². The molecule has 11 heavy (non-hydrogen) atoms. The van der Waals surface area contributed by atoms with Crippen LogP contribution in [0.5, 0.6) is 0 Å². The monoisotopic (exact) mass is 164 g/mol. The first-order valence-corrected chi connectivity index (χ1v) is 2.07. The molecule has 64 valence electrons. The number of nitrogens with zero attached hydrogens (tertiary/aromatic N) is 2. The molecular formula is C2H6N5O4-. The zero-order valence-corrected chi connectivity index (χ0v) is 5.26. The van der Waals surface area contributed by atoms with Crippen molar-refractivity contribution in [1.82, 2.24) is 0 Å². The fourth-order valence-corrected chi connectivity index (χ4v) is 0.127. The van der Waals surface area contributed by atoms with Crippen LogP contribution in [0.15, 0.2) is 4.99 Å². The smallest absolute Gasteiger partial charge is 0.341 e. The highest BCUT2D eigenvalue weighted by molar-refractivity contribution is 5.89. The number of hydrogen-bond acceptors (Lipinski definition) is 4. The number of carbonyl (C=O) groups is 1. The van der Waals surface area contributed by atoms with Crippen molar-refractivity contribution in [3.8, 4) is 0 Å². The minimum Gasteiger partial charge on any atom is -0.370 e. The minimum absolute atomic E-state index is 0.312. The molecule has 0 aliphatic carbocycles. The van der Waals surface area contributed by atoms with Gasteiger partial charge < -0.3 is 32.5 Å². The van der Waals surface area contributed by atoms with Crippen LogP contribution in [0, 0.1) is 15.3 Å². The van der Waals surface area contributed by atoms with Gasteiger partial charge in [0.1, 0.15) is 0 Å². The van der Waals surface area contributed by atoms with Gasteiger partial charge in [-0.3, -0.25) is 0 Å². The molecule has 0 heterocycles. The highest BCUT2D eigenvalue weighted by atomic mass is 16.9. The summed E-state index contributed by atoms with van der Waals surface area (Å²) in [5.74, 6) is -0.312. The van der Waals surface area contributed by atoms with E-state index in [9.17, 15) is 4.79 Å².